The Hall–Kier alpha value is -1.30. The van der Waals surface area contributed by atoms with Crippen LogP contribution in [0.2, 0.25) is 0 Å². The Balaban J connectivity index is 0.00000306. The van der Waals surface area contributed by atoms with Gasteiger partial charge in [0.05, 0.1) is 0 Å². The van der Waals surface area contributed by atoms with Crippen molar-refractivity contribution in [1.82, 2.24) is 10.6 Å². The fraction of sp³-hybridized carbons (Fsp3) is 0.708. The minimum absolute atomic E-state index is 0. The van der Waals surface area contributed by atoms with Crippen molar-refractivity contribution in [2.45, 2.75) is 37.5 Å². The van der Waals surface area contributed by atoms with Crippen molar-refractivity contribution in [3.63, 3.8) is 0 Å². The molecule has 33 heavy (non-hydrogen) atoms. The van der Waals surface area contributed by atoms with Crippen LogP contribution < -0.4 is 20.1 Å². The molecule has 1 aromatic rings. The highest BCUT2D eigenvalue weighted by Crippen LogP contribution is 2.40. The summed E-state index contributed by atoms with van der Waals surface area (Å²) in [5.74, 6) is 3.12. The molecule has 186 valence electrons. The smallest absolute Gasteiger partial charge is 0.231 e. The molecule has 0 unspecified atom stereocenters. The molecule has 3 heterocycles. The van der Waals surface area contributed by atoms with E-state index in [9.17, 15) is 0 Å². The van der Waals surface area contributed by atoms with Gasteiger partial charge in [-0.2, -0.15) is 0 Å². The van der Waals surface area contributed by atoms with Gasteiger partial charge in [-0.3, -0.25) is 4.99 Å². The maximum atomic E-state index is 5.86. The van der Waals surface area contributed by atoms with E-state index in [1.807, 2.05) is 13.1 Å². The zero-order chi connectivity index (χ0) is 22.1. The van der Waals surface area contributed by atoms with Crippen LogP contribution >= 0.6 is 24.0 Å². The number of benzene rings is 1. The number of halogens is 1. The van der Waals surface area contributed by atoms with E-state index in [0.29, 0.717) is 12.7 Å². The molecule has 2 saturated heterocycles. The third-order valence-corrected chi connectivity index (χ3v) is 6.71. The summed E-state index contributed by atoms with van der Waals surface area (Å²) in [7, 11) is 1.81. The van der Waals surface area contributed by atoms with Gasteiger partial charge in [0.2, 0.25) is 6.79 Å². The summed E-state index contributed by atoms with van der Waals surface area (Å²) in [5.41, 5.74) is 1.23. The van der Waals surface area contributed by atoms with Crippen molar-refractivity contribution in [1.29, 1.82) is 0 Å². The zero-order valence-corrected chi connectivity index (χ0v) is 21.9. The fourth-order valence-corrected chi connectivity index (χ4v) is 4.57. The number of aliphatic imine (C=N–C) groups is 1. The Bertz CT molecular complexity index is 752. The molecule has 0 amide bonds. The second-order valence-corrected chi connectivity index (χ2v) is 8.80. The van der Waals surface area contributed by atoms with Gasteiger partial charge >= 0.3 is 0 Å². The van der Waals surface area contributed by atoms with Crippen LogP contribution in [-0.2, 0) is 19.6 Å². The minimum Gasteiger partial charge on any atom is -0.454 e. The van der Waals surface area contributed by atoms with Crippen molar-refractivity contribution in [2.75, 3.05) is 66.6 Å². The van der Waals surface area contributed by atoms with Crippen molar-refractivity contribution in [3.05, 3.63) is 23.8 Å². The summed E-state index contributed by atoms with van der Waals surface area (Å²) >= 11 is 0. The van der Waals surface area contributed by atoms with E-state index in [1.165, 1.54) is 5.56 Å². The van der Waals surface area contributed by atoms with Gasteiger partial charge in [-0.15, -0.1) is 24.0 Å². The topological polar surface area (TPSA) is 82.6 Å². The van der Waals surface area contributed by atoms with Crippen LogP contribution in [-0.4, -0.2) is 72.5 Å². The largest absolute Gasteiger partial charge is 0.454 e. The van der Waals surface area contributed by atoms with Gasteiger partial charge in [0, 0.05) is 65.2 Å². The van der Waals surface area contributed by atoms with E-state index in [2.05, 4.69) is 27.8 Å². The maximum absolute atomic E-state index is 5.86. The lowest BCUT2D eigenvalue weighted by Crippen LogP contribution is -2.48. The summed E-state index contributed by atoms with van der Waals surface area (Å²) in [4.78, 5) is 4.41. The molecular weight excluding hydrogens is 537 g/mol. The molecule has 0 spiro atoms. The lowest BCUT2D eigenvalue weighted by Gasteiger charge is -2.38. The van der Waals surface area contributed by atoms with Crippen LogP contribution in [0, 0.1) is 5.92 Å². The minimum atomic E-state index is -0.0241. The van der Waals surface area contributed by atoms with E-state index in [1.54, 1.807) is 0 Å². The molecule has 0 atom stereocenters. The van der Waals surface area contributed by atoms with Crippen LogP contribution in [0.1, 0.15) is 37.7 Å². The van der Waals surface area contributed by atoms with E-state index >= 15 is 0 Å². The Morgan fingerprint density at radius 2 is 1.82 bits per heavy atom. The molecule has 9 heteroatoms. The zero-order valence-electron chi connectivity index (χ0n) is 19.6. The number of nitrogens with zero attached hydrogens (tertiary/aromatic N) is 1. The number of hydrogen-bond donors (Lipinski definition) is 2. The van der Waals surface area contributed by atoms with Gasteiger partial charge in [0.25, 0.3) is 0 Å². The Kier molecular flexibility index (Phi) is 10.8. The molecular formula is C24H38IN3O5. The molecule has 0 radical (unpaired) electrons. The lowest BCUT2D eigenvalue weighted by molar-refractivity contribution is 0.0203. The summed E-state index contributed by atoms with van der Waals surface area (Å²) in [6, 6.07) is 6.30. The molecule has 2 fully saturated rings. The van der Waals surface area contributed by atoms with E-state index in [4.69, 9.17) is 23.7 Å². The van der Waals surface area contributed by atoms with Crippen molar-refractivity contribution in [3.8, 4) is 11.5 Å². The first-order chi connectivity index (χ1) is 15.8. The number of hydrogen-bond acceptors (Lipinski definition) is 6. The summed E-state index contributed by atoms with van der Waals surface area (Å²) in [6.07, 6.45) is 5.09. The van der Waals surface area contributed by atoms with Crippen molar-refractivity contribution < 1.29 is 23.7 Å². The highest BCUT2D eigenvalue weighted by atomic mass is 127. The summed E-state index contributed by atoms with van der Waals surface area (Å²) in [6.45, 7) is 6.77. The highest BCUT2D eigenvalue weighted by molar-refractivity contribution is 14.0. The van der Waals surface area contributed by atoms with Gasteiger partial charge in [0.15, 0.2) is 17.5 Å². The quantitative estimate of drug-likeness (QED) is 0.203. The molecule has 4 rings (SSSR count). The van der Waals surface area contributed by atoms with Gasteiger partial charge in [0.1, 0.15) is 0 Å². The molecule has 0 bridgehead atoms. The molecule has 0 saturated carbocycles. The molecule has 8 nitrogen and oxygen atoms in total. The number of ether oxygens (including phenoxy) is 5. The van der Waals surface area contributed by atoms with Gasteiger partial charge in [-0.1, -0.05) is 6.07 Å². The Morgan fingerprint density at radius 3 is 2.61 bits per heavy atom. The second kappa shape index (κ2) is 13.6. The average Bonchev–Trinajstić information content (AvgIpc) is 3.32. The molecule has 1 aromatic carbocycles. The summed E-state index contributed by atoms with van der Waals surface area (Å²) in [5, 5.41) is 6.97. The number of fused-ring (bicyclic) bond motifs is 1. The van der Waals surface area contributed by atoms with Crippen LogP contribution in [0.4, 0.5) is 0 Å². The average molecular weight is 575 g/mol. The van der Waals surface area contributed by atoms with Crippen molar-refractivity contribution in [2.24, 2.45) is 10.9 Å². The van der Waals surface area contributed by atoms with Gasteiger partial charge < -0.3 is 34.3 Å². The Labute approximate surface area is 214 Å². The van der Waals surface area contributed by atoms with Crippen LogP contribution in [0.25, 0.3) is 0 Å². The van der Waals surface area contributed by atoms with Gasteiger partial charge in [-0.25, -0.2) is 0 Å². The standard InChI is InChI=1S/C24H37N3O5.HI/c1-25-23(26-9-2-10-30-16-19-5-11-28-12-6-19)27-17-24(7-13-29-14-8-24)20-3-4-21-22(15-20)32-18-31-21;/h3-4,15,19H,2,5-14,16-18H2,1H3,(H2,25,26,27);1H. The SMILES string of the molecule is CN=C(NCCCOCC1CCOCC1)NCC1(c2ccc3c(c2)OCO3)CCOCC1.I. The Morgan fingerprint density at radius 1 is 1.06 bits per heavy atom. The molecule has 2 N–H and O–H groups in total. The fourth-order valence-electron chi connectivity index (χ4n) is 4.57. The first kappa shape index (κ1) is 26.3. The molecule has 3 aliphatic heterocycles. The first-order valence-electron chi connectivity index (χ1n) is 11.9. The number of nitrogens with one attached hydrogen (secondary N) is 2. The lowest BCUT2D eigenvalue weighted by atomic mass is 9.74. The van der Waals surface area contributed by atoms with E-state index in [0.717, 1.165) is 102 Å². The normalized spacial score (nSPS) is 20.2. The number of rotatable bonds is 9. The maximum Gasteiger partial charge on any atom is 0.231 e. The third kappa shape index (κ3) is 7.34. The van der Waals surface area contributed by atoms with Crippen LogP contribution in [0.5, 0.6) is 11.5 Å². The third-order valence-electron chi connectivity index (χ3n) is 6.71. The van der Waals surface area contributed by atoms with Crippen LogP contribution in [0.3, 0.4) is 0 Å². The molecule has 0 aliphatic carbocycles. The molecule has 3 aliphatic rings. The highest BCUT2D eigenvalue weighted by Gasteiger charge is 2.35. The van der Waals surface area contributed by atoms with E-state index in [-0.39, 0.29) is 29.4 Å². The first-order valence-corrected chi connectivity index (χ1v) is 11.9. The van der Waals surface area contributed by atoms with Crippen LogP contribution in [0.15, 0.2) is 23.2 Å². The number of guanidine groups is 1. The van der Waals surface area contributed by atoms with Crippen molar-refractivity contribution >= 4 is 29.9 Å². The monoisotopic (exact) mass is 575 g/mol. The second-order valence-electron chi connectivity index (χ2n) is 8.80. The van der Waals surface area contributed by atoms with Gasteiger partial charge in [-0.05, 0) is 55.7 Å². The molecule has 0 aromatic heterocycles. The summed E-state index contributed by atoms with van der Waals surface area (Å²) < 4.78 is 28.0. The predicted octanol–water partition coefficient (Wildman–Crippen LogP) is 3.08. The van der Waals surface area contributed by atoms with E-state index < -0.39 is 0 Å². The predicted molar refractivity (Wildman–Crippen MR) is 138 cm³/mol.